The second-order valence-electron chi connectivity index (χ2n) is 5.51. The van der Waals surface area contributed by atoms with Crippen LogP contribution in [0.15, 0.2) is 75.8 Å². The molecule has 0 radical (unpaired) electrons. The first-order valence-electron chi connectivity index (χ1n) is 7.95. The molecule has 3 rings (SSSR count). The molecule has 0 aliphatic carbocycles. The van der Waals surface area contributed by atoms with Crippen molar-refractivity contribution in [3.05, 3.63) is 82.7 Å². The molecule has 132 valence electrons. The van der Waals surface area contributed by atoms with Gasteiger partial charge in [-0.05, 0) is 44.8 Å². The highest BCUT2D eigenvalue weighted by Gasteiger charge is 2.12. The van der Waals surface area contributed by atoms with Crippen LogP contribution in [0.1, 0.15) is 16.1 Å². The van der Waals surface area contributed by atoms with Gasteiger partial charge in [-0.2, -0.15) is 0 Å². The molecule has 0 fully saturated rings. The molecule has 0 bridgehead atoms. The molecule has 0 atom stereocenters. The largest absolute Gasteiger partial charge is 0.460 e. The summed E-state index contributed by atoms with van der Waals surface area (Å²) in [5, 5.41) is 2.45. The first kappa shape index (κ1) is 17.9. The Hall–Kier alpha value is -2.86. The Labute approximate surface area is 159 Å². The van der Waals surface area contributed by atoms with E-state index in [1.807, 2.05) is 54.6 Å². The molecule has 26 heavy (non-hydrogen) atoms. The number of esters is 1. The lowest BCUT2D eigenvalue weighted by molar-refractivity contribution is -0.143. The van der Waals surface area contributed by atoms with Crippen LogP contribution in [0, 0.1) is 0 Å². The maximum Gasteiger partial charge on any atom is 0.325 e. The molecule has 1 amide bonds. The lowest BCUT2D eigenvalue weighted by atomic mass is 10.0. The van der Waals surface area contributed by atoms with E-state index in [4.69, 9.17) is 9.15 Å². The minimum absolute atomic E-state index is 0.126. The molecular formula is C20H16BrNO4. The molecule has 0 saturated heterocycles. The molecule has 6 heteroatoms. The fourth-order valence-electron chi connectivity index (χ4n) is 2.31. The molecule has 0 aliphatic heterocycles. The average Bonchev–Trinajstić information content (AvgIpc) is 3.12. The van der Waals surface area contributed by atoms with Crippen LogP contribution in [-0.4, -0.2) is 18.4 Å². The maximum absolute atomic E-state index is 11.8. The Morgan fingerprint density at radius 2 is 1.62 bits per heavy atom. The van der Waals surface area contributed by atoms with Gasteiger partial charge in [-0.15, -0.1) is 0 Å². The molecular weight excluding hydrogens is 398 g/mol. The predicted molar refractivity (Wildman–Crippen MR) is 100 cm³/mol. The highest BCUT2D eigenvalue weighted by atomic mass is 79.9. The predicted octanol–water partition coefficient (Wildman–Crippen LogP) is 4.18. The van der Waals surface area contributed by atoms with Crippen molar-refractivity contribution in [3.8, 4) is 11.1 Å². The summed E-state index contributed by atoms with van der Waals surface area (Å²) in [7, 11) is 0. The number of amides is 1. The van der Waals surface area contributed by atoms with Crippen molar-refractivity contribution < 1.29 is 18.7 Å². The standard InChI is InChI=1S/C20H16BrNO4/c21-18-11-10-17(26-18)20(24)22-12-19(23)25-13-14-6-8-16(9-7-14)15-4-2-1-3-5-15/h1-11H,12-13H2,(H,22,24). The van der Waals surface area contributed by atoms with E-state index in [0.29, 0.717) is 4.67 Å². The first-order valence-corrected chi connectivity index (χ1v) is 8.74. The Bertz CT molecular complexity index is 888. The van der Waals surface area contributed by atoms with Crippen LogP contribution in [0.2, 0.25) is 0 Å². The third kappa shape index (κ3) is 4.83. The summed E-state index contributed by atoms with van der Waals surface area (Å²) in [6.45, 7) is -0.0741. The van der Waals surface area contributed by atoms with Gasteiger partial charge in [0, 0.05) is 0 Å². The zero-order valence-electron chi connectivity index (χ0n) is 13.8. The minimum atomic E-state index is -0.517. The normalized spacial score (nSPS) is 10.3. The SMILES string of the molecule is O=C(CNC(=O)c1ccc(Br)o1)OCc1ccc(-c2ccccc2)cc1. The van der Waals surface area contributed by atoms with Gasteiger partial charge in [-0.25, -0.2) is 0 Å². The van der Waals surface area contributed by atoms with Gasteiger partial charge in [0.05, 0.1) is 0 Å². The van der Waals surface area contributed by atoms with Crippen LogP contribution in [0.25, 0.3) is 11.1 Å². The molecule has 2 aromatic carbocycles. The van der Waals surface area contributed by atoms with Crippen molar-refractivity contribution in [1.29, 1.82) is 0 Å². The number of hydrogen-bond acceptors (Lipinski definition) is 4. The Morgan fingerprint density at radius 1 is 0.923 bits per heavy atom. The Morgan fingerprint density at radius 3 is 2.27 bits per heavy atom. The summed E-state index contributed by atoms with van der Waals surface area (Å²) < 4.78 is 10.7. The number of carbonyl (C=O) groups is 2. The van der Waals surface area contributed by atoms with Crippen LogP contribution in [0.5, 0.6) is 0 Å². The van der Waals surface area contributed by atoms with Crippen LogP contribution in [0.3, 0.4) is 0 Å². The van der Waals surface area contributed by atoms with Gasteiger partial charge in [0.2, 0.25) is 0 Å². The van der Waals surface area contributed by atoms with Gasteiger partial charge >= 0.3 is 5.97 Å². The number of benzene rings is 2. The van der Waals surface area contributed by atoms with Gasteiger partial charge < -0.3 is 14.5 Å². The van der Waals surface area contributed by atoms with Gasteiger partial charge in [0.15, 0.2) is 10.4 Å². The van der Waals surface area contributed by atoms with E-state index in [1.54, 1.807) is 6.07 Å². The maximum atomic E-state index is 11.8. The molecule has 0 spiro atoms. The number of carbonyl (C=O) groups excluding carboxylic acids is 2. The molecule has 3 aromatic rings. The second-order valence-corrected chi connectivity index (χ2v) is 6.29. The summed E-state index contributed by atoms with van der Waals surface area (Å²) in [5.41, 5.74) is 3.10. The van der Waals surface area contributed by atoms with E-state index in [0.717, 1.165) is 16.7 Å². The van der Waals surface area contributed by atoms with Gasteiger partial charge in [0.25, 0.3) is 5.91 Å². The van der Waals surface area contributed by atoms with Crippen LogP contribution in [0.4, 0.5) is 0 Å². The van der Waals surface area contributed by atoms with Crippen molar-refractivity contribution in [2.45, 2.75) is 6.61 Å². The fourth-order valence-corrected chi connectivity index (χ4v) is 2.62. The van der Waals surface area contributed by atoms with Gasteiger partial charge in [-0.3, -0.25) is 9.59 Å². The zero-order chi connectivity index (χ0) is 18.4. The monoisotopic (exact) mass is 413 g/mol. The number of halogens is 1. The summed E-state index contributed by atoms with van der Waals surface area (Å²) in [4.78, 5) is 23.5. The lowest BCUT2D eigenvalue weighted by Gasteiger charge is -2.07. The topological polar surface area (TPSA) is 68.5 Å². The smallest absolute Gasteiger partial charge is 0.325 e. The van der Waals surface area contributed by atoms with Crippen molar-refractivity contribution in [2.24, 2.45) is 0 Å². The Kier molecular flexibility index (Phi) is 5.86. The summed E-state index contributed by atoms with van der Waals surface area (Å²) in [6.07, 6.45) is 0. The molecule has 0 saturated carbocycles. The minimum Gasteiger partial charge on any atom is -0.460 e. The quantitative estimate of drug-likeness (QED) is 0.615. The van der Waals surface area contributed by atoms with Crippen LogP contribution >= 0.6 is 15.9 Å². The zero-order valence-corrected chi connectivity index (χ0v) is 15.4. The highest BCUT2D eigenvalue weighted by Crippen LogP contribution is 2.19. The van der Waals surface area contributed by atoms with E-state index in [9.17, 15) is 9.59 Å². The Balaban J connectivity index is 1.46. The number of ether oxygens (including phenoxy) is 1. The number of furan rings is 1. The first-order chi connectivity index (χ1) is 12.6. The van der Waals surface area contributed by atoms with Crippen LogP contribution in [-0.2, 0) is 16.1 Å². The second kappa shape index (κ2) is 8.49. The van der Waals surface area contributed by atoms with E-state index in [2.05, 4.69) is 21.2 Å². The number of hydrogen-bond donors (Lipinski definition) is 1. The van der Waals surface area contributed by atoms with E-state index >= 15 is 0 Å². The number of nitrogens with one attached hydrogen (secondary N) is 1. The molecule has 5 nitrogen and oxygen atoms in total. The van der Waals surface area contributed by atoms with E-state index < -0.39 is 11.9 Å². The molecule has 1 aromatic heterocycles. The van der Waals surface area contributed by atoms with Crippen LogP contribution < -0.4 is 5.32 Å². The molecule has 0 aliphatic rings. The fraction of sp³-hybridized carbons (Fsp3) is 0.100. The van der Waals surface area contributed by atoms with E-state index in [-0.39, 0.29) is 18.9 Å². The van der Waals surface area contributed by atoms with E-state index in [1.165, 1.54) is 6.07 Å². The number of rotatable bonds is 6. The lowest BCUT2D eigenvalue weighted by Crippen LogP contribution is -2.30. The summed E-state index contributed by atoms with van der Waals surface area (Å²) >= 11 is 3.11. The molecule has 0 unspecified atom stereocenters. The van der Waals surface area contributed by atoms with Crippen molar-refractivity contribution in [1.82, 2.24) is 5.32 Å². The highest BCUT2D eigenvalue weighted by molar-refractivity contribution is 9.10. The summed E-state index contributed by atoms with van der Waals surface area (Å²) in [5.74, 6) is -0.864. The third-order valence-electron chi connectivity index (χ3n) is 3.65. The molecule has 1 N–H and O–H groups in total. The third-order valence-corrected chi connectivity index (χ3v) is 4.08. The van der Waals surface area contributed by atoms with Crippen molar-refractivity contribution in [3.63, 3.8) is 0 Å². The van der Waals surface area contributed by atoms with Gasteiger partial charge in [-0.1, -0.05) is 54.6 Å². The summed E-state index contributed by atoms with van der Waals surface area (Å²) in [6, 6.07) is 20.9. The van der Waals surface area contributed by atoms with Crippen molar-refractivity contribution >= 4 is 27.8 Å². The average molecular weight is 414 g/mol. The van der Waals surface area contributed by atoms with Crippen molar-refractivity contribution in [2.75, 3.05) is 6.54 Å². The molecule has 1 heterocycles. The van der Waals surface area contributed by atoms with Gasteiger partial charge in [0.1, 0.15) is 13.2 Å².